The summed E-state index contributed by atoms with van der Waals surface area (Å²) in [6.45, 7) is 0.798. The zero-order chi connectivity index (χ0) is 12.5. The normalized spacial score (nSPS) is 11.9. The van der Waals surface area contributed by atoms with Gasteiger partial charge in [-0.1, -0.05) is 0 Å². The molecule has 0 radical (unpaired) electrons. The first-order valence-corrected chi connectivity index (χ1v) is 6.87. The van der Waals surface area contributed by atoms with Crippen molar-refractivity contribution in [3.8, 4) is 0 Å². The molecule has 7 heteroatoms. The minimum Gasteiger partial charge on any atom is -0.467 e. The first-order chi connectivity index (χ1) is 7.99. The molecule has 0 aliphatic rings. The van der Waals surface area contributed by atoms with Crippen LogP contribution < -0.4 is 5.73 Å². The van der Waals surface area contributed by atoms with Gasteiger partial charge < -0.3 is 10.2 Å². The zero-order valence-electron chi connectivity index (χ0n) is 9.33. The lowest BCUT2D eigenvalue weighted by atomic mass is 10.3. The Hall–Kier alpha value is -1.60. The van der Waals surface area contributed by atoms with E-state index < -0.39 is 9.84 Å². The first kappa shape index (κ1) is 11.9. The van der Waals surface area contributed by atoms with E-state index in [9.17, 15) is 8.42 Å². The van der Waals surface area contributed by atoms with Gasteiger partial charge in [0.05, 0.1) is 19.0 Å². The van der Waals surface area contributed by atoms with Gasteiger partial charge in [0.25, 0.3) is 0 Å². The molecule has 6 nitrogen and oxygen atoms in total. The number of aromatic nitrogens is 2. The molecule has 0 aromatic carbocycles. The van der Waals surface area contributed by atoms with Crippen LogP contribution in [-0.2, 0) is 22.9 Å². The Balaban J connectivity index is 2.17. The number of sulfone groups is 1. The number of hydrogen-bond acceptors (Lipinski definition) is 5. The Labute approximate surface area is 99.0 Å². The molecule has 2 heterocycles. The van der Waals surface area contributed by atoms with Crippen molar-refractivity contribution >= 4 is 9.84 Å². The van der Waals surface area contributed by atoms with Crippen LogP contribution in [0.3, 0.4) is 0 Å². The Morgan fingerprint density at radius 2 is 2.29 bits per heavy atom. The molecule has 0 atom stereocenters. The van der Waals surface area contributed by atoms with Crippen LogP contribution in [0.15, 0.2) is 34.0 Å². The number of furan rings is 1. The van der Waals surface area contributed by atoms with E-state index in [-0.39, 0.29) is 4.90 Å². The van der Waals surface area contributed by atoms with Crippen molar-refractivity contribution in [3.05, 3.63) is 36.0 Å². The molecule has 0 saturated carbocycles. The lowest BCUT2D eigenvalue weighted by Crippen LogP contribution is -1.99. The molecular formula is C10H13N3O3S. The summed E-state index contributed by atoms with van der Waals surface area (Å²) in [6, 6.07) is 1.82. The summed E-state index contributed by atoms with van der Waals surface area (Å²) in [4.78, 5) is 0.197. The SMILES string of the molecule is CS(=O)(=O)c1cnn(Cc2cc(CN)co2)c1. The molecule has 0 bridgehead atoms. The quantitative estimate of drug-likeness (QED) is 0.853. The largest absolute Gasteiger partial charge is 0.467 e. The monoisotopic (exact) mass is 255 g/mol. The molecule has 0 spiro atoms. The predicted molar refractivity (Wildman–Crippen MR) is 61.0 cm³/mol. The third-order valence-electron chi connectivity index (χ3n) is 2.30. The topological polar surface area (TPSA) is 91.1 Å². The molecule has 17 heavy (non-hydrogen) atoms. The highest BCUT2D eigenvalue weighted by atomic mass is 32.2. The molecule has 2 N–H and O–H groups in total. The van der Waals surface area contributed by atoms with Crippen molar-refractivity contribution in [2.75, 3.05) is 6.26 Å². The minimum absolute atomic E-state index is 0.197. The molecule has 0 aliphatic heterocycles. The van der Waals surface area contributed by atoms with E-state index in [1.807, 2.05) is 6.07 Å². The fourth-order valence-electron chi connectivity index (χ4n) is 1.40. The van der Waals surface area contributed by atoms with Crippen molar-refractivity contribution in [3.63, 3.8) is 0 Å². The second kappa shape index (κ2) is 4.34. The third kappa shape index (κ3) is 2.75. The van der Waals surface area contributed by atoms with Crippen LogP contribution >= 0.6 is 0 Å². The van der Waals surface area contributed by atoms with Gasteiger partial charge in [-0.05, 0) is 6.07 Å². The highest BCUT2D eigenvalue weighted by Crippen LogP contribution is 2.11. The summed E-state index contributed by atoms with van der Waals surface area (Å²) in [5, 5.41) is 3.96. The van der Waals surface area contributed by atoms with Gasteiger partial charge in [-0.25, -0.2) is 8.42 Å². The fourth-order valence-corrected chi connectivity index (χ4v) is 1.95. The van der Waals surface area contributed by atoms with E-state index >= 15 is 0 Å². The molecule has 92 valence electrons. The van der Waals surface area contributed by atoms with Crippen molar-refractivity contribution in [2.24, 2.45) is 5.73 Å². The van der Waals surface area contributed by atoms with Crippen LogP contribution in [-0.4, -0.2) is 24.5 Å². The van der Waals surface area contributed by atoms with Gasteiger partial charge in [0.15, 0.2) is 9.84 Å². The maximum atomic E-state index is 11.3. The molecule has 0 saturated heterocycles. The smallest absolute Gasteiger partial charge is 0.178 e. The fraction of sp³-hybridized carbons (Fsp3) is 0.300. The maximum Gasteiger partial charge on any atom is 0.178 e. The van der Waals surface area contributed by atoms with Gasteiger partial charge in [-0.2, -0.15) is 5.10 Å². The number of hydrogen-bond donors (Lipinski definition) is 1. The van der Waals surface area contributed by atoms with Crippen LogP contribution in [0, 0.1) is 0 Å². The average molecular weight is 255 g/mol. The van der Waals surface area contributed by atoms with E-state index in [0.29, 0.717) is 18.8 Å². The van der Waals surface area contributed by atoms with E-state index in [1.54, 1.807) is 6.26 Å². The standard InChI is InChI=1S/C10H13N3O3S/c1-17(14,15)10-4-12-13(6-10)5-9-2-8(3-11)7-16-9/h2,4,6-7H,3,5,11H2,1H3. The summed E-state index contributed by atoms with van der Waals surface area (Å²) in [5.41, 5.74) is 6.35. The number of nitrogens with zero attached hydrogens (tertiary/aromatic N) is 2. The second-order valence-corrected chi connectivity index (χ2v) is 5.79. The summed E-state index contributed by atoms with van der Waals surface area (Å²) in [7, 11) is -3.21. The molecule has 0 fully saturated rings. The predicted octanol–water partition coefficient (Wildman–Crippen LogP) is 0.387. The number of rotatable bonds is 4. The van der Waals surface area contributed by atoms with Gasteiger partial charge in [0, 0.05) is 24.6 Å². The number of nitrogens with two attached hydrogens (primary N) is 1. The van der Waals surface area contributed by atoms with Crippen molar-refractivity contribution in [2.45, 2.75) is 18.0 Å². The van der Waals surface area contributed by atoms with Gasteiger partial charge in [0.2, 0.25) is 0 Å². The van der Waals surface area contributed by atoms with Crippen molar-refractivity contribution in [1.82, 2.24) is 9.78 Å². The first-order valence-electron chi connectivity index (χ1n) is 4.98. The molecular weight excluding hydrogens is 242 g/mol. The summed E-state index contributed by atoms with van der Waals surface area (Å²) >= 11 is 0. The van der Waals surface area contributed by atoms with E-state index in [1.165, 1.54) is 17.1 Å². The van der Waals surface area contributed by atoms with Crippen molar-refractivity contribution in [1.29, 1.82) is 0 Å². The Kier molecular flexibility index (Phi) is 3.03. The van der Waals surface area contributed by atoms with Gasteiger partial charge in [-0.3, -0.25) is 4.68 Å². The lowest BCUT2D eigenvalue weighted by molar-refractivity contribution is 0.478. The second-order valence-electron chi connectivity index (χ2n) is 3.77. The van der Waals surface area contributed by atoms with Crippen molar-refractivity contribution < 1.29 is 12.8 Å². The maximum absolute atomic E-state index is 11.3. The van der Waals surface area contributed by atoms with E-state index in [0.717, 1.165) is 11.8 Å². The molecule has 0 unspecified atom stereocenters. The molecule has 0 amide bonds. The van der Waals surface area contributed by atoms with Crippen LogP contribution in [0.5, 0.6) is 0 Å². The van der Waals surface area contributed by atoms with Crippen LogP contribution in [0.25, 0.3) is 0 Å². The molecule has 2 aromatic heterocycles. The van der Waals surface area contributed by atoms with E-state index in [4.69, 9.17) is 10.2 Å². The van der Waals surface area contributed by atoms with Crippen LogP contribution in [0.1, 0.15) is 11.3 Å². The summed E-state index contributed by atoms with van der Waals surface area (Å²) in [6.07, 6.45) is 5.52. The van der Waals surface area contributed by atoms with Gasteiger partial charge >= 0.3 is 0 Å². The summed E-state index contributed by atoms with van der Waals surface area (Å²) in [5.74, 6) is 0.689. The molecule has 2 rings (SSSR count). The highest BCUT2D eigenvalue weighted by molar-refractivity contribution is 7.90. The van der Waals surface area contributed by atoms with Gasteiger partial charge in [-0.15, -0.1) is 0 Å². The molecule has 0 aliphatic carbocycles. The highest BCUT2D eigenvalue weighted by Gasteiger charge is 2.10. The summed E-state index contributed by atoms with van der Waals surface area (Å²) < 4.78 is 29.3. The lowest BCUT2D eigenvalue weighted by Gasteiger charge is -1.96. The van der Waals surface area contributed by atoms with Gasteiger partial charge in [0.1, 0.15) is 10.7 Å². The van der Waals surface area contributed by atoms with E-state index in [2.05, 4.69) is 5.10 Å². The Morgan fingerprint density at radius 1 is 1.53 bits per heavy atom. The van der Waals surface area contributed by atoms with Crippen LogP contribution in [0.2, 0.25) is 0 Å². The minimum atomic E-state index is -3.21. The Bertz CT molecular complexity index is 612. The average Bonchev–Trinajstić information content (AvgIpc) is 2.86. The molecule has 2 aromatic rings. The zero-order valence-corrected chi connectivity index (χ0v) is 10.1. The third-order valence-corrected chi connectivity index (χ3v) is 3.37. The Morgan fingerprint density at radius 3 is 2.82 bits per heavy atom. The van der Waals surface area contributed by atoms with Crippen LogP contribution in [0.4, 0.5) is 0 Å².